The summed E-state index contributed by atoms with van der Waals surface area (Å²) in [5.74, 6) is -0.241. The summed E-state index contributed by atoms with van der Waals surface area (Å²) >= 11 is 6.14. The van der Waals surface area contributed by atoms with Crippen LogP contribution in [0.25, 0.3) is 0 Å². The van der Waals surface area contributed by atoms with Crippen LogP contribution in [0.3, 0.4) is 0 Å². The molecular weight excluding hydrogens is 340 g/mol. The zero-order valence-electron chi connectivity index (χ0n) is 14.2. The van der Waals surface area contributed by atoms with Crippen LogP contribution in [-0.4, -0.2) is 41.5 Å². The number of esters is 1. The van der Waals surface area contributed by atoms with Gasteiger partial charge in [0.2, 0.25) is 5.91 Å². The number of carbonyl (C=O) groups is 2. The Morgan fingerprint density at radius 2 is 1.88 bits per heavy atom. The van der Waals surface area contributed by atoms with Gasteiger partial charge in [-0.2, -0.15) is 0 Å². The molecule has 25 heavy (non-hydrogen) atoms. The molecule has 1 saturated heterocycles. The predicted molar refractivity (Wildman–Crippen MR) is 95.8 cm³/mol. The van der Waals surface area contributed by atoms with E-state index in [1.807, 2.05) is 39.9 Å². The first-order chi connectivity index (χ1) is 12.1. The average Bonchev–Trinajstić information content (AvgIpc) is 3.13. The topological polar surface area (TPSA) is 51.5 Å². The van der Waals surface area contributed by atoms with Gasteiger partial charge in [-0.25, -0.2) is 4.79 Å². The van der Waals surface area contributed by atoms with E-state index in [1.165, 1.54) is 7.11 Å². The van der Waals surface area contributed by atoms with Crippen molar-refractivity contribution in [3.8, 4) is 0 Å². The van der Waals surface area contributed by atoms with Crippen LogP contribution in [0.4, 0.5) is 0 Å². The maximum Gasteiger partial charge on any atom is 0.354 e. The maximum atomic E-state index is 12.5. The summed E-state index contributed by atoms with van der Waals surface area (Å²) in [4.78, 5) is 26.2. The fourth-order valence-corrected chi connectivity index (χ4v) is 3.50. The molecule has 1 aliphatic heterocycles. The molecule has 2 aromatic rings. The van der Waals surface area contributed by atoms with E-state index in [9.17, 15) is 9.59 Å². The van der Waals surface area contributed by atoms with E-state index in [-0.39, 0.29) is 17.9 Å². The number of methoxy groups -OCH3 is 1. The van der Waals surface area contributed by atoms with Gasteiger partial charge in [0.15, 0.2) is 0 Å². The van der Waals surface area contributed by atoms with Crippen molar-refractivity contribution >= 4 is 23.5 Å². The molecule has 0 bridgehead atoms. The van der Waals surface area contributed by atoms with Gasteiger partial charge in [0.05, 0.1) is 13.5 Å². The minimum absolute atomic E-state index is 0.0900. The third-order valence-corrected chi connectivity index (χ3v) is 5.05. The van der Waals surface area contributed by atoms with Gasteiger partial charge in [-0.1, -0.05) is 29.8 Å². The fourth-order valence-electron chi connectivity index (χ4n) is 3.30. The van der Waals surface area contributed by atoms with Crippen LogP contribution in [-0.2, 0) is 16.0 Å². The molecular formula is C19H21ClN2O3. The van der Waals surface area contributed by atoms with E-state index >= 15 is 0 Å². The average molecular weight is 361 g/mol. The predicted octanol–water partition coefficient (Wildman–Crippen LogP) is 3.33. The lowest BCUT2D eigenvalue weighted by Gasteiger charge is -2.33. The van der Waals surface area contributed by atoms with Crippen molar-refractivity contribution in [2.24, 2.45) is 0 Å². The molecule has 0 radical (unpaired) electrons. The van der Waals surface area contributed by atoms with Gasteiger partial charge < -0.3 is 14.2 Å². The molecule has 0 saturated carbocycles. The van der Waals surface area contributed by atoms with Gasteiger partial charge in [-0.15, -0.1) is 0 Å². The summed E-state index contributed by atoms with van der Waals surface area (Å²) in [5.41, 5.74) is 1.41. The van der Waals surface area contributed by atoms with Crippen LogP contribution in [0.1, 0.15) is 34.9 Å². The van der Waals surface area contributed by atoms with E-state index in [4.69, 9.17) is 16.3 Å². The molecule has 3 rings (SSSR count). The number of carbonyl (C=O) groups excluding carboxylic acids is 2. The number of benzene rings is 1. The number of ether oxygens (including phenoxy) is 1. The number of nitrogens with zero attached hydrogens (tertiary/aromatic N) is 2. The number of hydrogen-bond donors (Lipinski definition) is 0. The molecule has 6 heteroatoms. The third-order valence-electron chi connectivity index (χ3n) is 4.68. The number of hydrogen-bond acceptors (Lipinski definition) is 3. The molecule has 132 valence electrons. The summed E-state index contributed by atoms with van der Waals surface area (Å²) in [5, 5.41) is 0.626. The lowest BCUT2D eigenvalue weighted by molar-refractivity contribution is -0.131. The molecule has 0 aliphatic carbocycles. The second kappa shape index (κ2) is 7.74. The molecule has 1 aromatic heterocycles. The van der Waals surface area contributed by atoms with Crippen molar-refractivity contribution in [2.75, 3.05) is 20.2 Å². The van der Waals surface area contributed by atoms with Crippen molar-refractivity contribution in [2.45, 2.75) is 25.3 Å². The van der Waals surface area contributed by atoms with E-state index in [0.717, 1.165) is 18.4 Å². The zero-order valence-corrected chi connectivity index (χ0v) is 14.9. The highest BCUT2D eigenvalue weighted by molar-refractivity contribution is 6.31. The Kier molecular flexibility index (Phi) is 5.43. The zero-order chi connectivity index (χ0) is 17.8. The van der Waals surface area contributed by atoms with Gasteiger partial charge in [0, 0.05) is 30.4 Å². The van der Waals surface area contributed by atoms with Crippen molar-refractivity contribution in [1.82, 2.24) is 9.47 Å². The van der Waals surface area contributed by atoms with Crippen LogP contribution in [0.2, 0.25) is 5.02 Å². The Balaban J connectivity index is 1.60. The second-order valence-corrected chi connectivity index (χ2v) is 6.58. The highest BCUT2D eigenvalue weighted by Gasteiger charge is 2.26. The first-order valence-electron chi connectivity index (χ1n) is 8.36. The molecule has 1 aliphatic rings. The summed E-state index contributed by atoms with van der Waals surface area (Å²) in [6.45, 7) is 1.35. The Bertz CT molecular complexity index is 764. The Morgan fingerprint density at radius 3 is 2.56 bits per heavy atom. The van der Waals surface area contributed by atoms with Crippen LogP contribution >= 0.6 is 11.6 Å². The van der Waals surface area contributed by atoms with Crippen molar-refractivity contribution in [1.29, 1.82) is 0 Å². The first-order valence-corrected chi connectivity index (χ1v) is 8.74. The first kappa shape index (κ1) is 17.5. The number of piperidine rings is 1. The highest BCUT2D eigenvalue weighted by Crippen LogP contribution is 2.26. The molecule has 2 heterocycles. The quantitative estimate of drug-likeness (QED) is 0.786. The van der Waals surface area contributed by atoms with Crippen LogP contribution < -0.4 is 0 Å². The third kappa shape index (κ3) is 3.87. The second-order valence-electron chi connectivity index (χ2n) is 6.17. The molecule has 0 spiro atoms. The highest BCUT2D eigenvalue weighted by atomic mass is 35.5. The minimum Gasteiger partial charge on any atom is -0.464 e. The number of likely N-dealkylation sites (tertiary alicyclic amines) is 1. The largest absolute Gasteiger partial charge is 0.464 e. The maximum absolute atomic E-state index is 12.5. The van der Waals surface area contributed by atoms with Crippen LogP contribution in [0.5, 0.6) is 0 Å². The SMILES string of the molecule is COC(=O)c1cccn1C1CCN(C(=O)Cc2ccccc2Cl)CC1. The normalized spacial score (nSPS) is 15.2. The van der Waals surface area contributed by atoms with Crippen molar-refractivity contribution in [3.63, 3.8) is 0 Å². The monoisotopic (exact) mass is 360 g/mol. The van der Waals surface area contributed by atoms with E-state index in [0.29, 0.717) is 30.2 Å². The van der Waals surface area contributed by atoms with E-state index in [1.54, 1.807) is 12.1 Å². The molecule has 0 unspecified atom stereocenters. The van der Waals surface area contributed by atoms with Gasteiger partial charge in [0.1, 0.15) is 5.69 Å². The van der Waals surface area contributed by atoms with Crippen molar-refractivity contribution < 1.29 is 14.3 Å². The summed E-state index contributed by atoms with van der Waals surface area (Å²) in [6, 6.07) is 11.3. The van der Waals surface area contributed by atoms with Crippen LogP contribution in [0.15, 0.2) is 42.6 Å². The Morgan fingerprint density at radius 1 is 1.16 bits per heavy atom. The fraction of sp³-hybridized carbons (Fsp3) is 0.368. The summed E-state index contributed by atoms with van der Waals surface area (Å²) in [6.07, 6.45) is 3.85. The molecule has 5 nitrogen and oxygen atoms in total. The Labute approximate surface area is 152 Å². The molecule has 1 amide bonds. The standard InChI is InChI=1S/C19H21ClN2O3/c1-25-19(24)17-7-4-10-22(17)15-8-11-21(12-9-15)18(23)13-14-5-2-3-6-16(14)20/h2-7,10,15H,8-9,11-13H2,1H3. The minimum atomic E-state index is -0.331. The number of halogens is 1. The number of amides is 1. The van der Waals surface area contributed by atoms with Crippen LogP contribution in [0, 0.1) is 0 Å². The van der Waals surface area contributed by atoms with Gasteiger partial charge in [-0.3, -0.25) is 4.79 Å². The van der Waals surface area contributed by atoms with Gasteiger partial charge in [-0.05, 0) is 36.6 Å². The summed E-state index contributed by atoms with van der Waals surface area (Å²) in [7, 11) is 1.38. The lowest BCUT2D eigenvalue weighted by atomic mass is 10.0. The number of aromatic nitrogens is 1. The van der Waals surface area contributed by atoms with E-state index < -0.39 is 0 Å². The molecule has 0 N–H and O–H groups in total. The molecule has 1 aromatic carbocycles. The number of rotatable bonds is 4. The Hall–Kier alpha value is -2.27. The van der Waals surface area contributed by atoms with Gasteiger partial charge in [0.25, 0.3) is 0 Å². The van der Waals surface area contributed by atoms with Crippen molar-refractivity contribution in [3.05, 3.63) is 58.9 Å². The molecule has 1 fully saturated rings. The molecule has 0 atom stereocenters. The lowest BCUT2D eigenvalue weighted by Crippen LogP contribution is -2.40. The summed E-state index contributed by atoms with van der Waals surface area (Å²) < 4.78 is 6.79. The smallest absolute Gasteiger partial charge is 0.354 e. The van der Waals surface area contributed by atoms with Gasteiger partial charge >= 0.3 is 5.97 Å². The van der Waals surface area contributed by atoms with E-state index in [2.05, 4.69) is 0 Å².